The number of nitrogen functional groups attached to an aromatic ring is 1. The van der Waals surface area contributed by atoms with Gasteiger partial charge in [0, 0.05) is 12.3 Å². The van der Waals surface area contributed by atoms with Gasteiger partial charge in [-0.3, -0.25) is 0 Å². The second kappa shape index (κ2) is 4.91. The Bertz CT molecular complexity index is 474. The van der Waals surface area contributed by atoms with Crippen molar-refractivity contribution in [3.05, 3.63) is 42.1 Å². The molecule has 0 amide bonds. The van der Waals surface area contributed by atoms with Crippen molar-refractivity contribution in [3.8, 4) is 5.75 Å². The fourth-order valence-electron chi connectivity index (χ4n) is 1.54. The summed E-state index contributed by atoms with van der Waals surface area (Å²) in [5, 5.41) is 4.04. The predicted molar refractivity (Wildman–Crippen MR) is 67.8 cm³/mol. The van der Waals surface area contributed by atoms with E-state index in [1.165, 1.54) is 5.56 Å². The minimum Gasteiger partial charge on any atom is -0.471 e. The van der Waals surface area contributed by atoms with Crippen LogP contribution in [0.25, 0.3) is 0 Å². The van der Waals surface area contributed by atoms with Crippen molar-refractivity contribution >= 4 is 5.82 Å². The molecule has 0 saturated carbocycles. The Hall–Kier alpha value is -1.97. The molecular formula is C13H17N3O. The molecule has 0 bridgehead atoms. The van der Waals surface area contributed by atoms with Crippen LogP contribution in [0.3, 0.4) is 0 Å². The normalized spacial score (nSPS) is 10.8. The highest BCUT2D eigenvalue weighted by atomic mass is 16.5. The topological polar surface area (TPSA) is 53.1 Å². The van der Waals surface area contributed by atoms with E-state index in [1.54, 1.807) is 16.9 Å². The van der Waals surface area contributed by atoms with Gasteiger partial charge < -0.3 is 10.5 Å². The number of nitrogens with zero attached hydrogens (tertiary/aromatic N) is 2. The van der Waals surface area contributed by atoms with Crippen LogP contribution in [-0.2, 0) is 6.73 Å². The van der Waals surface area contributed by atoms with Crippen molar-refractivity contribution in [2.45, 2.75) is 26.5 Å². The van der Waals surface area contributed by atoms with Gasteiger partial charge in [-0.15, -0.1) is 0 Å². The predicted octanol–water partition coefficient (Wildman–Crippen LogP) is 2.63. The van der Waals surface area contributed by atoms with Gasteiger partial charge in [0.2, 0.25) is 0 Å². The van der Waals surface area contributed by atoms with Gasteiger partial charge in [0.15, 0.2) is 6.73 Å². The highest BCUT2D eigenvalue weighted by molar-refractivity contribution is 5.28. The molecule has 0 fully saturated rings. The van der Waals surface area contributed by atoms with Crippen LogP contribution >= 0.6 is 0 Å². The van der Waals surface area contributed by atoms with E-state index in [0.717, 1.165) is 5.75 Å². The number of rotatable bonds is 4. The molecule has 0 saturated heterocycles. The zero-order valence-corrected chi connectivity index (χ0v) is 10.1. The summed E-state index contributed by atoms with van der Waals surface area (Å²) in [6, 6.07) is 9.85. The highest BCUT2D eigenvalue weighted by Gasteiger charge is 2.00. The molecule has 0 aliphatic rings. The maximum Gasteiger partial charge on any atom is 0.180 e. The first-order valence-electron chi connectivity index (χ1n) is 5.67. The smallest absolute Gasteiger partial charge is 0.180 e. The fourth-order valence-corrected chi connectivity index (χ4v) is 1.54. The summed E-state index contributed by atoms with van der Waals surface area (Å²) in [5.41, 5.74) is 6.82. The molecule has 0 atom stereocenters. The van der Waals surface area contributed by atoms with E-state index in [9.17, 15) is 0 Å². The monoisotopic (exact) mass is 231 g/mol. The quantitative estimate of drug-likeness (QED) is 0.880. The second-order valence-corrected chi connectivity index (χ2v) is 4.28. The highest BCUT2D eigenvalue weighted by Crippen LogP contribution is 2.18. The molecule has 1 aromatic heterocycles. The molecule has 0 unspecified atom stereocenters. The van der Waals surface area contributed by atoms with Crippen LogP contribution in [0.1, 0.15) is 25.3 Å². The third kappa shape index (κ3) is 3.00. The Morgan fingerprint density at radius 3 is 2.47 bits per heavy atom. The second-order valence-electron chi connectivity index (χ2n) is 4.28. The van der Waals surface area contributed by atoms with Gasteiger partial charge in [-0.1, -0.05) is 26.0 Å². The van der Waals surface area contributed by atoms with E-state index >= 15 is 0 Å². The number of aromatic nitrogens is 2. The van der Waals surface area contributed by atoms with Crippen LogP contribution in [0, 0.1) is 0 Å². The van der Waals surface area contributed by atoms with Gasteiger partial charge in [0.05, 0.1) is 0 Å². The Balaban J connectivity index is 1.95. The molecule has 2 N–H and O–H groups in total. The summed E-state index contributed by atoms with van der Waals surface area (Å²) in [7, 11) is 0. The lowest BCUT2D eigenvalue weighted by Crippen LogP contribution is -2.06. The number of hydrogen-bond donors (Lipinski definition) is 1. The van der Waals surface area contributed by atoms with E-state index < -0.39 is 0 Å². The van der Waals surface area contributed by atoms with Gasteiger partial charge >= 0.3 is 0 Å². The Morgan fingerprint density at radius 1 is 1.24 bits per heavy atom. The van der Waals surface area contributed by atoms with Gasteiger partial charge in [-0.05, 0) is 23.6 Å². The first kappa shape index (κ1) is 11.5. The average Bonchev–Trinajstić information content (AvgIpc) is 2.73. The number of benzene rings is 1. The number of nitrogens with two attached hydrogens (primary N) is 1. The number of anilines is 1. The van der Waals surface area contributed by atoms with Gasteiger partial charge in [0.25, 0.3) is 0 Å². The average molecular weight is 231 g/mol. The van der Waals surface area contributed by atoms with Gasteiger partial charge in [-0.2, -0.15) is 5.10 Å². The summed E-state index contributed by atoms with van der Waals surface area (Å²) in [5.74, 6) is 1.88. The van der Waals surface area contributed by atoms with E-state index in [4.69, 9.17) is 10.5 Å². The lowest BCUT2D eigenvalue weighted by atomic mass is 10.0. The molecule has 17 heavy (non-hydrogen) atoms. The van der Waals surface area contributed by atoms with Crippen LogP contribution in [0.5, 0.6) is 5.75 Å². The van der Waals surface area contributed by atoms with Crippen LogP contribution in [-0.4, -0.2) is 9.78 Å². The first-order valence-corrected chi connectivity index (χ1v) is 5.67. The molecule has 0 aliphatic heterocycles. The molecule has 1 heterocycles. The molecule has 2 aromatic rings. The molecule has 2 rings (SSSR count). The molecule has 0 radical (unpaired) electrons. The molecular weight excluding hydrogens is 214 g/mol. The summed E-state index contributed by atoms with van der Waals surface area (Å²) in [4.78, 5) is 0. The Labute approximate surface area is 101 Å². The minimum absolute atomic E-state index is 0.373. The van der Waals surface area contributed by atoms with Crippen molar-refractivity contribution in [2.24, 2.45) is 0 Å². The van der Waals surface area contributed by atoms with Crippen molar-refractivity contribution in [1.29, 1.82) is 0 Å². The lowest BCUT2D eigenvalue weighted by Gasteiger charge is -2.08. The maximum atomic E-state index is 5.59. The van der Waals surface area contributed by atoms with E-state index in [1.807, 2.05) is 12.1 Å². The fraction of sp³-hybridized carbons (Fsp3) is 0.308. The van der Waals surface area contributed by atoms with Crippen molar-refractivity contribution in [3.63, 3.8) is 0 Å². The van der Waals surface area contributed by atoms with Gasteiger partial charge in [0.1, 0.15) is 11.6 Å². The molecule has 90 valence electrons. The van der Waals surface area contributed by atoms with Crippen LogP contribution in [0.4, 0.5) is 5.82 Å². The number of ether oxygens (including phenoxy) is 1. The summed E-state index contributed by atoms with van der Waals surface area (Å²) < 4.78 is 7.24. The van der Waals surface area contributed by atoms with Crippen molar-refractivity contribution in [2.75, 3.05) is 5.73 Å². The SMILES string of the molecule is CC(C)c1ccc(OCn2ccc(N)n2)cc1. The first-order chi connectivity index (χ1) is 8.15. The van der Waals surface area contributed by atoms with Crippen LogP contribution in [0.2, 0.25) is 0 Å². The third-order valence-corrected chi connectivity index (χ3v) is 2.57. The summed E-state index contributed by atoms with van der Waals surface area (Å²) >= 11 is 0. The van der Waals surface area contributed by atoms with Crippen LogP contribution in [0.15, 0.2) is 36.5 Å². The largest absolute Gasteiger partial charge is 0.471 e. The summed E-state index contributed by atoms with van der Waals surface area (Å²) in [6.45, 7) is 4.71. The van der Waals surface area contributed by atoms with Crippen LogP contribution < -0.4 is 10.5 Å². The molecule has 4 heteroatoms. The maximum absolute atomic E-state index is 5.59. The molecule has 0 aliphatic carbocycles. The lowest BCUT2D eigenvalue weighted by molar-refractivity contribution is 0.221. The molecule has 4 nitrogen and oxygen atoms in total. The van der Waals surface area contributed by atoms with E-state index in [2.05, 4.69) is 31.1 Å². The Morgan fingerprint density at radius 2 is 1.94 bits per heavy atom. The van der Waals surface area contributed by atoms with Gasteiger partial charge in [-0.25, -0.2) is 4.68 Å². The van der Waals surface area contributed by atoms with E-state index in [0.29, 0.717) is 18.5 Å². The minimum atomic E-state index is 0.373. The molecule has 0 spiro atoms. The molecule has 1 aromatic carbocycles. The zero-order valence-electron chi connectivity index (χ0n) is 10.1. The van der Waals surface area contributed by atoms with E-state index in [-0.39, 0.29) is 0 Å². The van der Waals surface area contributed by atoms with Crippen molar-refractivity contribution in [1.82, 2.24) is 9.78 Å². The zero-order chi connectivity index (χ0) is 12.3. The van der Waals surface area contributed by atoms with Crippen molar-refractivity contribution < 1.29 is 4.74 Å². The standard InChI is InChI=1S/C13H17N3O/c1-10(2)11-3-5-12(6-4-11)17-9-16-8-7-13(14)15-16/h3-8,10H,9H2,1-2H3,(H2,14,15). The third-order valence-electron chi connectivity index (χ3n) is 2.57. The Kier molecular flexibility index (Phi) is 3.32. The number of hydrogen-bond acceptors (Lipinski definition) is 3. The summed E-state index contributed by atoms with van der Waals surface area (Å²) in [6.07, 6.45) is 1.79.